The second-order valence-electron chi connectivity index (χ2n) is 9.48. The highest BCUT2D eigenvalue weighted by atomic mass is 19.4. The molecule has 0 radical (unpaired) electrons. The van der Waals surface area contributed by atoms with Crippen LogP contribution in [-0.2, 0) is 11.3 Å². The van der Waals surface area contributed by atoms with Gasteiger partial charge in [-0.1, -0.05) is 55.5 Å². The largest absolute Gasteiger partial charge is 0.573 e. The second kappa shape index (κ2) is 11.9. The molecule has 38 heavy (non-hydrogen) atoms. The van der Waals surface area contributed by atoms with Crippen LogP contribution in [0.15, 0.2) is 66.9 Å². The van der Waals surface area contributed by atoms with Crippen LogP contribution in [0.5, 0.6) is 5.75 Å². The normalized spacial score (nSPS) is 15.8. The van der Waals surface area contributed by atoms with Crippen molar-refractivity contribution < 1.29 is 27.4 Å². The van der Waals surface area contributed by atoms with E-state index in [1.807, 2.05) is 57.2 Å². The summed E-state index contributed by atoms with van der Waals surface area (Å²) in [5.41, 5.74) is 2.52. The highest BCUT2D eigenvalue weighted by Crippen LogP contribution is 2.34. The molecule has 2 aromatic carbocycles. The molecule has 1 atom stereocenters. The molecule has 0 saturated carbocycles. The maximum absolute atomic E-state index is 13.3. The van der Waals surface area contributed by atoms with Crippen LogP contribution in [0.1, 0.15) is 43.1 Å². The Morgan fingerprint density at radius 1 is 1.11 bits per heavy atom. The first-order chi connectivity index (χ1) is 18.2. The fourth-order valence-corrected chi connectivity index (χ4v) is 4.83. The summed E-state index contributed by atoms with van der Waals surface area (Å²) in [6.45, 7) is 7.76. The van der Waals surface area contributed by atoms with E-state index >= 15 is 0 Å². The Morgan fingerprint density at radius 2 is 1.82 bits per heavy atom. The Balaban J connectivity index is 1.60. The molecule has 9 heteroatoms. The summed E-state index contributed by atoms with van der Waals surface area (Å²) in [7, 11) is 0. The number of nitrogens with zero attached hydrogens (tertiary/aromatic N) is 3. The van der Waals surface area contributed by atoms with Gasteiger partial charge in [-0.3, -0.25) is 4.90 Å². The van der Waals surface area contributed by atoms with E-state index in [-0.39, 0.29) is 17.9 Å². The van der Waals surface area contributed by atoms with Crippen LogP contribution >= 0.6 is 0 Å². The summed E-state index contributed by atoms with van der Waals surface area (Å²) in [5.74, 6) is -0.0726. The van der Waals surface area contributed by atoms with Crippen molar-refractivity contribution in [2.45, 2.75) is 52.2 Å². The summed E-state index contributed by atoms with van der Waals surface area (Å²) in [5, 5.41) is 0. The average Bonchev–Trinajstić information content (AvgIpc) is 3.37. The third-order valence-corrected chi connectivity index (χ3v) is 6.52. The fourth-order valence-electron chi connectivity index (χ4n) is 4.83. The lowest BCUT2D eigenvalue weighted by Gasteiger charge is -2.29. The van der Waals surface area contributed by atoms with Crippen molar-refractivity contribution >= 4 is 11.8 Å². The van der Waals surface area contributed by atoms with Crippen molar-refractivity contribution in [2.24, 2.45) is 0 Å². The quantitative estimate of drug-likeness (QED) is 0.304. The van der Waals surface area contributed by atoms with E-state index < -0.39 is 12.3 Å². The number of para-hydroxylation sites is 1. The van der Waals surface area contributed by atoms with Gasteiger partial charge < -0.3 is 14.4 Å². The molecule has 0 spiro atoms. The van der Waals surface area contributed by atoms with E-state index in [0.717, 1.165) is 17.5 Å². The number of anilines is 1. The molecule has 0 aliphatic carbocycles. The van der Waals surface area contributed by atoms with Crippen LogP contribution < -0.4 is 9.64 Å². The Bertz CT molecular complexity index is 1230. The molecule has 202 valence electrons. The number of rotatable bonds is 9. The van der Waals surface area contributed by atoms with E-state index in [1.165, 1.54) is 12.1 Å². The molecule has 1 unspecified atom stereocenters. The number of halogens is 3. The topological polar surface area (TPSA) is 54.9 Å². The number of pyridine rings is 1. The first-order valence-electron chi connectivity index (χ1n) is 12.7. The Morgan fingerprint density at radius 3 is 2.50 bits per heavy atom. The van der Waals surface area contributed by atoms with Gasteiger partial charge in [0.1, 0.15) is 17.1 Å². The van der Waals surface area contributed by atoms with Gasteiger partial charge in [0, 0.05) is 43.0 Å². The van der Waals surface area contributed by atoms with E-state index in [0.29, 0.717) is 43.1 Å². The van der Waals surface area contributed by atoms with Crippen LogP contribution in [0.3, 0.4) is 0 Å². The predicted molar refractivity (Wildman–Crippen MR) is 140 cm³/mol. The molecular formula is C29H32F3N3O3. The number of aromatic nitrogens is 1. The lowest BCUT2D eigenvalue weighted by atomic mass is 10.0. The molecular weight excluding hydrogens is 495 g/mol. The minimum atomic E-state index is -4.76. The number of esters is 1. The number of hydrogen-bond donors (Lipinski definition) is 0. The van der Waals surface area contributed by atoms with Crippen LogP contribution in [0, 0.1) is 0 Å². The van der Waals surface area contributed by atoms with E-state index in [4.69, 9.17) is 4.74 Å². The maximum atomic E-state index is 13.3. The zero-order valence-electron chi connectivity index (χ0n) is 21.7. The highest BCUT2D eigenvalue weighted by molar-refractivity contribution is 6.02. The number of likely N-dealkylation sites (N-methyl/N-ethyl adjacent to an activating group) is 1. The molecule has 1 aliphatic heterocycles. The molecule has 6 nitrogen and oxygen atoms in total. The summed E-state index contributed by atoms with van der Waals surface area (Å²) in [4.78, 5) is 22.1. The van der Waals surface area contributed by atoms with Crippen molar-refractivity contribution in [1.29, 1.82) is 0 Å². The molecule has 2 heterocycles. The van der Waals surface area contributed by atoms with Gasteiger partial charge in [-0.05, 0) is 44.5 Å². The number of carbonyl (C=O) groups is 1. The van der Waals surface area contributed by atoms with Gasteiger partial charge in [0.25, 0.3) is 0 Å². The molecule has 1 fully saturated rings. The SMILES string of the molecule is CCN(Cc1ccccc1OC(F)(F)F)C1CCN(c2nccc(-c3ccccc3)c2C(=O)OC(C)C)C1. The minimum absolute atomic E-state index is 0.0510. The highest BCUT2D eigenvalue weighted by Gasteiger charge is 2.34. The molecule has 0 N–H and O–H groups in total. The number of alkyl halides is 3. The van der Waals surface area contributed by atoms with Gasteiger partial charge in [0.05, 0.1) is 6.10 Å². The standard InChI is InChI=1S/C29H32F3N3O3/c1-4-34(18-22-12-8-9-13-25(22)38-29(30,31)32)23-15-17-35(19-23)27-26(28(36)37-20(2)3)24(14-16-33-27)21-10-6-5-7-11-21/h5-14,16,20,23H,4,15,17-19H2,1-3H3. The van der Waals surface area contributed by atoms with Crippen LogP contribution in [0.2, 0.25) is 0 Å². The lowest BCUT2D eigenvalue weighted by molar-refractivity contribution is -0.275. The first kappa shape index (κ1) is 27.4. The second-order valence-corrected chi connectivity index (χ2v) is 9.48. The van der Waals surface area contributed by atoms with Gasteiger partial charge in [-0.2, -0.15) is 0 Å². The van der Waals surface area contributed by atoms with Crippen molar-refractivity contribution in [3.8, 4) is 16.9 Å². The van der Waals surface area contributed by atoms with Gasteiger partial charge in [0.15, 0.2) is 0 Å². The monoisotopic (exact) mass is 527 g/mol. The van der Waals surface area contributed by atoms with Crippen LogP contribution in [0.25, 0.3) is 11.1 Å². The Hall–Kier alpha value is -3.59. The smallest absolute Gasteiger partial charge is 0.459 e. The number of hydrogen-bond acceptors (Lipinski definition) is 6. The zero-order valence-corrected chi connectivity index (χ0v) is 21.7. The maximum Gasteiger partial charge on any atom is 0.573 e. The minimum Gasteiger partial charge on any atom is -0.459 e. The van der Waals surface area contributed by atoms with Crippen molar-refractivity contribution in [2.75, 3.05) is 24.5 Å². The summed E-state index contributed by atoms with van der Waals surface area (Å²) < 4.78 is 48.7. The van der Waals surface area contributed by atoms with E-state index in [2.05, 4.69) is 19.5 Å². The number of carbonyl (C=O) groups excluding carboxylic acids is 1. The molecule has 0 bridgehead atoms. The van der Waals surface area contributed by atoms with Crippen LogP contribution in [-0.4, -0.2) is 54.0 Å². The van der Waals surface area contributed by atoms with Gasteiger partial charge in [0.2, 0.25) is 0 Å². The zero-order chi connectivity index (χ0) is 27.3. The van der Waals surface area contributed by atoms with Gasteiger partial charge >= 0.3 is 12.3 Å². The summed E-state index contributed by atoms with van der Waals surface area (Å²) in [6, 6.07) is 17.7. The molecule has 1 saturated heterocycles. The third kappa shape index (κ3) is 6.64. The summed E-state index contributed by atoms with van der Waals surface area (Å²) in [6.07, 6.45) is -2.58. The van der Waals surface area contributed by atoms with E-state index in [1.54, 1.807) is 18.3 Å². The van der Waals surface area contributed by atoms with E-state index in [9.17, 15) is 18.0 Å². The Kier molecular flexibility index (Phi) is 8.56. The summed E-state index contributed by atoms with van der Waals surface area (Å²) >= 11 is 0. The lowest BCUT2D eigenvalue weighted by Crippen LogP contribution is -2.37. The van der Waals surface area contributed by atoms with Crippen molar-refractivity contribution in [3.05, 3.63) is 78.0 Å². The molecule has 0 amide bonds. The molecule has 1 aromatic heterocycles. The number of benzene rings is 2. The average molecular weight is 528 g/mol. The Labute approximate surface area is 221 Å². The van der Waals surface area contributed by atoms with Gasteiger partial charge in [-0.25, -0.2) is 9.78 Å². The van der Waals surface area contributed by atoms with Crippen molar-refractivity contribution in [3.63, 3.8) is 0 Å². The van der Waals surface area contributed by atoms with Crippen molar-refractivity contribution in [1.82, 2.24) is 9.88 Å². The predicted octanol–water partition coefficient (Wildman–Crippen LogP) is 6.31. The van der Waals surface area contributed by atoms with Gasteiger partial charge in [-0.15, -0.1) is 13.2 Å². The number of ether oxygens (including phenoxy) is 2. The third-order valence-electron chi connectivity index (χ3n) is 6.52. The first-order valence-corrected chi connectivity index (χ1v) is 12.7. The van der Waals surface area contributed by atoms with Crippen LogP contribution in [0.4, 0.5) is 19.0 Å². The molecule has 1 aliphatic rings. The molecule has 3 aromatic rings. The molecule has 4 rings (SSSR count). The fraction of sp³-hybridized carbons (Fsp3) is 0.379.